The number of H-pyrrole nitrogens is 3. The van der Waals surface area contributed by atoms with Crippen molar-refractivity contribution in [3.63, 3.8) is 0 Å². The smallest absolute Gasteiger partial charge is 0.416 e. The first-order valence-corrected chi connectivity index (χ1v) is 9.19. The van der Waals surface area contributed by atoms with Crippen LogP contribution in [-0.4, -0.2) is 39.9 Å². The fourth-order valence-electron chi connectivity index (χ4n) is 3.50. The Morgan fingerprint density at radius 2 is 1.69 bits per heavy atom. The normalized spacial score (nSPS) is 18.9. The highest BCUT2D eigenvalue weighted by Gasteiger charge is 2.24. The number of carbonyl (C=O) groups excluding carboxylic acids is 2. The third-order valence-corrected chi connectivity index (χ3v) is 4.97. The van der Waals surface area contributed by atoms with Crippen molar-refractivity contribution in [2.75, 3.05) is 18.8 Å². The zero-order valence-electron chi connectivity index (χ0n) is 15.5. The molecule has 12 heteroatoms. The lowest BCUT2D eigenvalue weighted by Gasteiger charge is -2.29. The Labute approximate surface area is 163 Å². The lowest BCUT2D eigenvalue weighted by molar-refractivity contribution is 0.0930. The largest absolute Gasteiger partial charge is 0.416 e. The minimum Gasteiger partial charge on any atom is -0.416 e. The third kappa shape index (κ3) is 5.03. The highest BCUT2D eigenvalue weighted by Crippen LogP contribution is 2.28. The Balaban J connectivity index is 1.50. The van der Waals surface area contributed by atoms with E-state index >= 15 is 0 Å². The molecule has 7 N–H and O–H groups in total. The van der Waals surface area contributed by atoms with E-state index in [1.165, 1.54) is 0 Å². The van der Waals surface area contributed by atoms with Crippen molar-refractivity contribution in [2.45, 2.75) is 25.7 Å². The second-order valence-electron chi connectivity index (χ2n) is 7.08. The van der Waals surface area contributed by atoms with Crippen LogP contribution in [0.2, 0.25) is 0 Å². The van der Waals surface area contributed by atoms with Crippen LogP contribution in [0.15, 0.2) is 25.1 Å². The zero-order valence-corrected chi connectivity index (χ0v) is 15.5. The average molecular weight is 406 g/mol. The average Bonchev–Trinajstić information content (AvgIpc) is 3.14. The van der Waals surface area contributed by atoms with E-state index in [2.05, 4.69) is 25.0 Å². The fraction of sp³-hybridized carbons (Fsp3) is 0.471. The van der Waals surface area contributed by atoms with Gasteiger partial charge in [-0.1, -0.05) is 6.42 Å². The van der Waals surface area contributed by atoms with Crippen LogP contribution < -0.4 is 33.4 Å². The second kappa shape index (κ2) is 8.63. The maximum Gasteiger partial charge on any atom is 0.416 e. The number of oxazole rings is 1. The van der Waals surface area contributed by atoms with Crippen LogP contribution in [0.5, 0.6) is 0 Å². The molecule has 2 heterocycles. The number of carbonyl (C=O) groups is 2. The molecule has 1 aliphatic carbocycles. The zero-order chi connectivity index (χ0) is 21.0. The van der Waals surface area contributed by atoms with Gasteiger partial charge in [-0.2, -0.15) is 0 Å². The summed E-state index contributed by atoms with van der Waals surface area (Å²) in [6, 6.07) is 0. The molecule has 0 radical (unpaired) electrons. The molecule has 0 saturated heterocycles. The number of anilines is 1. The van der Waals surface area contributed by atoms with Crippen molar-refractivity contribution in [2.24, 2.45) is 11.8 Å². The summed E-state index contributed by atoms with van der Waals surface area (Å²) in [6.45, 7) is 0.789. The monoisotopic (exact) mass is 406 g/mol. The van der Waals surface area contributed by atoms with Gasteiger partial charge in [0.05, 0.1) is 0 Å². The summed E-state index contributed by atoms with van der Waals surface area (Å²) in [5.41, 5.74) is 3.41. The minimum absolute atomic E-state index is 0.0686. The van der Waals surface area contributed by atoms with E-state index in [0.717, 1.165) is 31.9 Å². The number of nitrogens with one attached hydrogen (secondary N) is 5. The molecule has 29 heavy (non-hydrogen) atoms. The van der Waals surface area contributed by atoms with Crippen molar-refractivity contribution in [3.05, 3.63) is 49.0 Å². The number of nitrogen functional groups attached to an aromatic ring is 1. The Kier molecular flexibility index (Phi) is 6.00. The molecular weight excluding hydrogens is 384 g/mol. The SMILES string of the molecule is Nc1c(C(=O)NC[C@@H]2CCC[C@H](CNC(=O)c3coc(=O)[nH]3)C2)[nH]c(=O)[nH]c1=O. The van der Waals surface area contributed by atoms with Gasteiger partial charge in [-0.15, -0.1) is 0 Å². The molecule has 2 amide bonds. The molecule has 0 aromatic carbocycles. The van der Waals surface area contributed by atoms with Gasteiger partial charge in [0.15, 0.2) is 0 Å². The third-order valence-electron chi connectivity index (χ3n) is 4.97. The Bertz CT molecular complexity index is 1060. The second-order valence-corrected chi connectivity index (χ2v) is 7.08. The summed E-state index contributed by atoms with van der Waals surface area (Å²) in [4.78, 5) is 64.5. The van der Waals surface area contributed by atoms with Crippen molar-refractivity contribution in [1.29, 1.82) is 0 Å². The Hall–Kier alpha value is -3.57. The highest BCUT2D eigenvalue weighted by molar-refractivity contribution is 5.96. The van der Waals surface area contributed by atoms with Crippen LogP contribution in [0.1, 0.15) is 46.7 Å². The molecule has 12 nitrogen and oxygen atoms in total. The molecule has 1 saturated carbocycles. The van der Waals surface area contributed by atoms with Gasteiger partial charge < -0.3 is 25.8 Å². The molecular formula is C17H22N6O6. The summed E-state index contributed by atoms with van der Waals surface area (Å²) in [7, 11) is 0. The van der Waals surface area contributed by atoms with Crippen LogP contribution in [0.25, 0.3) is 0 Å². The highest BCUT2D eigenvalue weighted by atomic mass is 16.4. The number of rotatable bonds is 6. The predicted octanol–water partition coefficient (Wildman–Crippen LogP) is -1.11. The lowest BCUT2D eigenvalue weighted by atomic mass is 9.81. The first kappa shape index (κ1) is 20.2. The van der Waals surface area contributed by atoms with E-state index in [1.807, 2.05) is 4.98 Å². The van der Waals surface area contributed by atoms with Crippen molar-refractivity contribution in [3.8, 4) is 0 Å². The van der Waals surface area contributed by atoms with E-state index in [-0.39, 0.29) is 28.9 Å². The molecule has 2 aromatic rings. The van der Waals surface area contributed by atoms with Gasteiger partial charge >= 0.3 is 11.4 Å². The molecule has 2 aromatic heterocycles. The van der Waals surface area contributed by atoms with Crippen molar-refractivity contribution >= 4 is 17.5 Å². The Morgan fingerprint density at radius 1 is 1.03 bits per heavy atom. The first-order chi connectivity index (χ1) is 13.8. The predicted molar refractivity (Wildman–Crippen MR) is 102 cm³/mol. The first-order valence-electron chi connectivity index (χ1n) is 9.19. The van der Waals surface area contributed by atoms with Gasteiger partial charge in [0.25, 0.3) is 17.4 Å². The van der Waals surface area contributed by atoms with E-state index in [4.69, 9.17) is 5.73 Å². The van der Waals surface area contributed by atoms with E-state index < -0.39 is 28.8 Å². The van der Waals surface area contributed by atoms with Crippen molar-refractivity contribution < 1.29 is 14.0 Å². The summed E-state index contributed by atoms with van der Waals surface area (Å²) >= 11 is 0. The Morgan fingerprint density at radius 3 is 2.31 bits per heavy atom. The lowest BCUT2D eigenvalue weighted by Crippen LogP contribution is -2.38. The fourth-order valence-corrected chi connectivity index (χ4v) is 3.50. The van der Waals surface area contributed by atoms with Crippen LogP contribution in [0, 0.1) is 11.8 Å². The summed E-state index contributed by atoms with van der Waals surface area (Å²) < 4.78 is 4.54. The molecule has 156 valence electrons. The van der Waals surface area contributed by atoms with Crippen LogP contribution in [0.3, 0.4) is 0 Å². The molecule has 1 aliphatic rings. The van der Waals surface area contributed by atoms with Gasteiger partial charge in [-0.05, 0) is 31.1 Å². The molecule has 0 aliphatic heterocycles. The van der Waals surface area contributed by atoms with Gasteiger partial charge in [0, 0.05) is 13.1 Å². The van der Waals surface area contributed by atoms with Gasteiger partial charge in [-0.3, -0.25) is 24.4 Å². The van der Waals surface area contributed by atoms with Gasteiger partial charge in [0.1, 0.15) is 23.3 Å². The molecule has 0 bridgehead atoms. The maximum atomic E-state index is 12.3. The topological polar surface area (TPSA) is 196 Å². The molecule has 2 atom stereocenters. The van der Waals surface area contributed by atoms with Crippen molar-refractivity contribution in [1.82, 2.24) is 25.6 Å². The number of amides is 2. The standard InChI is InChI=1S/C17H22N6O6/c18-11-12(22-16(27)23-14(11)25)15(26)20-6-9-3-1-2-8(4-9)5-19-13(24)10-7-29-17(28)21-10/h7-9H,1-6,18H2,(H,19,24)(H,20,26)(H,21,28)(H2,22,23,25,27)/t8-,9+/m0/s1. The number of hydrogen-bond acceptors (Lipinski definition) is 7. The summed E-state index contributed by atoms with van der Waals surface area (Å²) in [5.74, 6) is -1.33. The number of hydrogen-bond donors (Lipinski definition) is 6. The summed E-state index contributed by atoms with van der Waals surface area (Å²) in [6.07, 6.45) is 4.63. The molecule has 0 spiro atoms. The number of aromatic amines is 3. The van der Waals surface area contributed by atoms with Crippen LogP contribution in [0.4, 0.5) is 5.69 Å². The van der Waals surface area contributed by atoms with E-state index in [9.17, 15) is 24.0 Å². The molecule has 3 rings (SSSR count). The van der Waals surface area contributed by atoms with Crippen LogP contribution in [-0.2, 0) is 0 Å². The van der Waals surface area contributed by atoms with Crippen LogP contribution >= 0.6 is 0 Å². The molecule has 0 unspecified atom stereocenters. The maximum absolute atomic E-state index is 12.3. The van der Waals surface area contributed by atoms with E-state index in [1.54, 1.807) is 0 Å². The van der Waals surface area contributed by atoms with E-state index in [0.29, 0.717) is 13.1 Å². The number of aromatic nitrogens is 3. The molecule has 1 fully saturated rings. The summed E-state index contributed by atoms with van der Waals surface area (Å²) in [5, 5.41) is 5.46. The quantitative estimate of drug-likeness (QED) is 0.350. The number of nitrogens with two attached hydrogens (primary N) is 1. The van der Waals surface area contributed by atoms with Gasteiger partial charge in [-0.25, -0.2) is 9.59 Å². The minimum atomic E-state index is -0.814. The van der Waals surface area contributed by atoms with Gasteiger partial charge in [0.2, 0.25) is 0 Å².